The van der Waals surface area contributed by atoms with Crippen molar-refractivity contribution >= 4 is 5.97 Å². The largest absolute Gasteiger partial charge is 0.462 e. The van der Waals surface area contributed by atoms with E-state index in [4.69, 9.17) is 4.74 Å². The first-order valence-electron chi connectivity index (χ1n) is 5.47. The maximum Gasteiger partial charge on any atom is 0.309 e. The van der Waals surface area contributed by atoms with Gasteiger partial charge in [0.25, 0.3) is 0 Å². The summed E-state index contributed by atoms with van der Waals surface area (Å²) < 4.78 is 5.06. The van der Waals surface area contributed by atoms with E-state index in [1.54, 1.807) is 25.2 Å². The molecule has 0 saturated heterocycles. The van der Waals surface area contributed by atoms with E-state index >= 15 is 0 Å². The van der Waals surface area contributed by atoms with E-state index in [0.29, 0.717) is 12.8 Å². The lowest BCUT2D eigenvalue weighted by atomic mass is 10.1. The molecule has 1 aliphatic rings. The van der Waals surface area contributed by atoms with E-state index in [-0.39, 0.29) is 12.5 Å². The Labute approximate surface area is 95.2 Å². The molecular weight excluding hydrogens is 208 g/mol. The van der Waals surface area contributed by atoms with Gasteiger partial charge in [-0.15, -0.1) is 0 Å². The monoisotopic (exact) mass is 226 g/mol. The van der Waals surface area contributed by atoms with Crippen LogP contribution < -0.4 is 0 Å². The molecule has 0 aromatic rings. The van der Waals surface area contributed by atoms with Gasteiger partial charge in [-0.3, -0.25) is 4.79 Å². The summed E-state index contributed by atoms with van der Waals surface area (Å²) in [5.41, 5.74) is 0. The number of hydrogen-bond acceptors (Lipinski definition) is 4. The van der Waals surface area contributed by atoms with Gasteiger partial charge in [0.2, 0.25) is 0 Å². The third-order valence-electron chi connectivity index (χ3n) is 2.27. The van der Waals surface area contributed by atoms with Crippen LogP contribution in [0.5, 0.6) is 0 Å². The number of hydrogen-bond donors (Lipinski definition) is 2. The van der Waals surface area contributed by atoms with Gasteiger partial charge in [0, 0.05) is 6.42 Å². The maximum atomic E-state index is 11.3. The van der Waals surface area contributed by atoms with Crippen molar-refractivity contribution in [3.63, 3.8) is 0 Å². The number of carbonyl (C=O) groups is 1. The first-order chi connectivity index (χ1) is 7.58. The Kier molecular flexibility index (Phi) is 5.22. The van der Waals surface area contributed by atoms with Crippen LogP contribution in [0.15, 0.2) is 24.3 Å². The van der Waals surface area contributed by atoms with E-state index in [1.165, 1.54) is 6.08 Å². The van der Waals surface area contributed by atoms with Gasteiger partial charge in [-0.05, 0) is 13.3 Å². The summed E-state index contributed by atoms with van der Waals surface area (Å²) >= 11 is 0. The fraction of sp³-hybridized carbons (Fsp3) is 0.583. The summed E-state index contributed by atoms with van der Waals surface area (Å²) in [6.45, 7) is 1.78. The zero-order chi connectivity index (χ0) is 12.0. The van der Waals surface area contributed by atoms with Gasteiger partial charge >= 0.3 is 5.97 Å². The molecule has 0 bridgehead atoms. The molecule has 0 radical (unpaired) electrons. The Morgan fingerprint density at radius 3 is 2.56 bits per heavy atom. The van der Waals surface area contributed by atoms with E-state index in [0.717, 1.165) is 0 Å². The lowest BCUT2D eigenvalue weighted by Crippen LogP contribution is -2.19. The number of rotatable bonds is 0. The molecule has 90 valence electrons. The highest BCUT2D eigenvalue weighted by atomic mass is 16.5. The predicted octanol–water partition coefficient (Wildman–Crippen LogP) is 0.936. The average molecular weight is 226 g/mol. The van der Waals surface area contributed by atoms with Crippen molar-refractivity contribution in [1.29, 1.82) is 0 Å². The minimum absolute atomic E-state index is 0.0410. The molecule has 16 heavy (non-hydrogen) atoms. The first kappa shape index (κ1) is 12.9. The molecule has 1 heterocycles. The number of ether oxygens (including phenoxy) is 1. The van der Waals surface area contributed by atoms with Gasteiger partial charge in [0.05, 0.1) is 18.6 Å². The van der Waals surface area contributed by atoms with E-state index in [2.05, 4.69) is 0 Å². The molecule has 0 fully saturated rings. The van der Waals surface area contributed by atoms with Crippen LogP contribution in [0.25, 0.3) is 0 Å². The second-order valence-electron chi connectivity index (χ2n) is 3.97. The second kappa shape index (κ2) is 6.45. The van der Waals surface area contributed by atoms with Gasteiger partial charge in [-0.2, -0.15) is 0 Å². The van der Waals surface area contributed by atoms with Crippen LogP contribution in [0.1, 0.15) is 26.2 Å². The minimum Gasteiger partial charge on any atom is -0.462 e. The second-order valence-corrected chi connectivity index (χ2v) is 3.97. The van der Waals surface area contributed by atoms with Crippen molar-refractivity contribution in [3.05, 3.63) is 24.3 Å². The molecule has 0 unspecified atom stereocenters. The van der Waals surface area contributed by atoms with Crippen molar-refractivity contribution < 1.29 is 19.7 Å². The average Bonchev–Trinajstić information content (AvgIpc) is 2.15. The Bertz CT molecular complexity index is 283. The third-order valence-corrected chi connectivity index (χ3v) is 2.27. The Balaban J connectivity index is 2.63. The van der Waals surface area contributed by atoms with Gasteiger partial charge in [0.15, 0.2) is 0 Å². The summed E-state index contributed by atoms with van der Waals surface area (Å²) in [6, 6.07) is 0. The summed E-state index contributed by atoms with van der Waals surface area (Å²) in [5, 5.41) is 18.9. The van der Waals surface area contributed by atoms with Crippen LogP contribution in [0.3, 0.4) is 0 Å². The number of aliphatic hydroxyl groups excluding tert-OH is 2. The minimum atomic E-state index is -0.838. The van der Waals surface area contributed by atoms with Crippen LogP contribution in [0.2, 0.25) is 0 Å². The quantitative estimate of drug-likeness (QED) is 0.476. The number of aliphatic hydroxyl groups is 2. The summed E-state index contributed by atoms with van der Waals surface area (Å²) in [5.74, 6) is -0.404. The molecule has 0 aliphatic carbocycles. The number of cyclic esters (lactones) is 1. The molecule has 0 saturated carbocycles. The smallest absolute Gasteiger partial charge is 0.309 e. The van der Waals surface area contributed by atoms with Crippen molar-refractivity contribution in [2.45, 2.75) is 44.5 Å². The standard InChI is InChI=1S/C12H18O4/c1-9-4-2-5-10(13)6-3-7-11(14)8-12(15)16-9/h2-3,5,7,9-11,13-14H,4,6,8H2,1H3/b5-2+,7-3+/t9-,10-,11-/m1/s1. The lowest BCUT2D eigenvalue weighted by molar-refractivity contribution is -0.149. The fourth-order valence-electron chi connectivity index (χ4n) is 1.44. The van der Waals surface area contributed by atoms with Gasteiger partial charge in [0.1, 0.15) is 6.10 Å². The highest BCUT2D eigenvalue weighted by Crippen LogP contribution is 2.07. The molecule has 4 heteroatoms. The van der Waals surface area contributed by atoms with Crippen LogP contribution in [-0.4, -0.2) is 34.5 Å². The first-order valence-corrected chi connectivity index (χ1v) is 5.47. The van der Waals surface area contributed by atoms with Gasteiger partial charge in [-0.1, -0.05) is 24.3 Å². The highest BCUT2D eigenvalue weighted by molar-refractivity contribution is 5.70. The zero-order valence-corrected chi connectivity index (χ0v) is 9.37. The molecule has 4 nitrogen and oxygen atoms in total. The summed E-state index contributed by atoms with van der Waals surface area (Å²) in [6.07, 6.45) is 5.99. The molecule has 1 aliphatic heterocycles. The predicted molar refractivity (Wildman–Crippen MR) is 59.7 cm³/mol. The molecule has 3 atom stereocenters. The van der Waals surface area contributed by atoms with E-state index < -0.39 is 18.2 Å². The number of esters is 1. The van der Waals surface area contributed by atoms with Crippen molar-refractivity contribution in [1.82, 2.24) is 0 Å². The molecule has 0 amide bonds. The summed E-state index contributed by atoms with van der Waals surface area (Å²) in [7, 11) is 0. The molecule has 0 aromatic carbocycles. The van der Waals surface area contributed by atoms with Crippen LogP contribution in [-0.2, 0) is 9.53 Å². The van der Waals surface area contributed by atoms with Crippen LogP contribution in [0, 0.1) is 0 Å². The molecule has 0 aromatic heterocycles. The maximum absolute atomic E-state index is 11.3. The van der Waals surface area contributed by atoms with Crippen molar-refractivity contribution in [2.75, 3.05) is 0 Å². The molecule has 1 rings (SSSR count). The highest BCUT2D eigenvalue weighted by Gasteiger charge is 2.13. The molecular formula is C12H18O4. The molecule has 2 N–H and O–H groups in total. The van der Waals surface area contributed by atoms with Crippen LogP contribution >= 0.6 is 0 Å². The SMILES string of the molecule is C[C@@H]1C/C=C/[C@@H](O)C/C=C/[C@@H](O)CC(=O)O1. The van der Waals surface area contributed by atoms with Gasteiger partial charge < -0.3 is 14.9 Å². The Morgan fingerprint density at radius 1 is 1.19 bits per heavy atom. The zero-order valence-electron chi connectivity index (χ0n) is 9.37. The van der Waals surface area contributed by atoms with Crippen molar-refractivity contribution in [2.24, 2.45) is 0 Å². The van der Waals surface area contributed by atoms with Crippen molar-refractivity contribution in [3.8, 4) is 0 Å². The molecule has 0 spiro atoms. The fourth-order valence-corrected chi connectivity index (χ4v) is 1.44. The normalized spacial score (nSPS) is 36.7. The van der Waals surface area contributed by atoms with E-state index in [9.17, 15) is 15.0 Å². The third kappa shape index (κ3) is 5.09. The topological polar surface area (TPSA) is 66.8 Å². The number of carbonyl (C=O) groups excluding carboxylic acids is 1. The Hall–Kier alpha value is -1.13. The Morgan fingerprint density at radius 2 is 1.81 bits per heavy atom. The van der Waals surface area contributed by atoms with Gasteiger partial charge in [-0.25, -0.2) is 0 Å². The van der Waals surface area contributed by atoms with E-state index in [1.807, 2.05) is 0 Å². The van der Waals surface area contributed by atoms with Crippen LogP contribution in [0.4, 0.5) is 0 Å². The lowest BCUT2D eigenvalue weighted by Gasteiger charge is -2.13. The summed E-state index contributed by atoms with van der Waals surface area (Å²) in [4.78, 5) is 11.3.